The number of esters is 1. The number of methoxy groups -OCH3 is 1. The molecule has 4 fully saturated rings. The Morgan fingerprint density at radius 2 is 1.71 bits per heavy atom. The van der Waals surface area contributed by atoms with Gasteiger partial charge in [0.15, 0.2) is 0 Å². The van der Waals surface area contributed by atoms with Crippen LogP contribution in [0.4, 0.5) is 0 Å². The maximum atomic E-state index is 12.5. The first-order chi connectivity index (χ1) is 16.2. The van der Waals surface area contributed by atoms with Crippen molar-refractivity contribution >= 4 is 5.97 Å². The fourth-order valence-corrected chi connectivity index (χ4v) is 9.61. The second kappa shape index (κ2) is 10.4. The van der Waals surface area contributed by atoms with Crippen LogP contribution in [-0.2, 0) is 19.0 Å². The molecule has 0 unspecified atom stereocenters. The summed E-state index contributed by atoms with van der Waals surface area (Å²) in [6.45, 7) is 10.8. The molecule has 196 valence electrons. The number of hydrogen-bond donors (Lipinski definition) is 0. The van der Waals surface area contributed by atoms with E-state index < -0.39 is 0 Å². The number of carbonyl (C=O) groups is 1. The second-order valence-electron chi connectivity index (χ2n) is 13.5. The van der Waals surface area contributed by atoms with Crippen LogP contribution in [0.3, 0.4) is 0 Å². The zero-order chi connectivity index (χ0) is 24.5. The van der Waals surface area contributed by atoms with Crippen molar-refractivity contribution in [1.82, 2.24) is 0 Å². The van der Waals surface area contributed by atoms with Crippen LogP contribution in [0.1, 0.15) is 124 Å². The van der Waals surface area contributed by atoms with E-state index in [0.717, 1.165) is 18.8 Å². The van der Waals surface area contributed by atoms with Crippen LogP contribution in [0.15, 0.2) is 0 Å². The molecular formula is C30H52O4. The average Bonchev–Trinajstić information content (AvgIpc) is 3.00. The fourth-order valence-electron chi connectivity index (χ4n) is 9.61. The highest BCUT2D eigenvalue weighted by Gasteiger charge is 2.67. The van der Waals surface area contributed by atoms with E-state index in [1.807, 2.05) is 0 Å². The van der Waals surface area contributed by atoms with E-state index in [-0.39, 0.29) is 11.4 Å². The Labute approximate surface area is 209 Å². The summed E-state index contributed by atoms with van der Waals surface area (Å²) in [5.74, 6) is 1.46. The fraction of sp³-hybridized carbons (Fsp3) is 0.967. The largest absolute Gasteiger partial charge is 0.465 e. The van der Waals surface area contributed by atoms with Crippen molar-refractivity contribution in [2.24, 2.45) is 33.5 Å². The monoisotopic (exact) mass is 476 g/mol. The van der Waals surface area contributed by atoms with Gasteiger partial charge in [0, 0.05) is 18.9 Å². The molecule has 4 aliphatic carbocycles. The summed E-state index contributed by atoms with van der Waals surface area (Å²) < 4.78 is 17.5. The maximum Gasteiger partial charge on any atom is 0.305 e. The molecule has 0 amide bonds. The molecule has 0 aromatic heterocycles. The molecule has 0 aromatic rings. The van der Waals surface area contributed by atoms with Gasteiger partial charge in [0.1, 0.15) is 6.79 Å². The highest BCUT2D eigenvalue weighted by molar-refractivity contribution is 5.69. The molecule has 2 bridgehead atoms. The number of unbranched alkanes of at least 4 members (excludes halogenated alkanes) is 4. The Morgan fingerprint density at radius 3 is 2.47 bits per heavy atom. The summed E-state index contributed by atoms with van der Waals surface area (Å²) in [5, 5.41) is 0. The van der Waals surface area contributed by atoms with Crippen molar-refractivity contribution in [3.63, 3.8) is 0 Å². The molecule has 7 atom stereocenters. The quantitative estimate of drug-likeness (QED) is 0.174. The number of rotatable bonds is 11. The van der Waals surface area contributed by atoms with Gasteiger partial charge in [-0.15, -0.1) is 0 Å². The van der Waals surface area contributed by atoms with Crippen LogP contribution in [0.25, 0.3) is 0 Å². The minimum atomic E-state index is 0.0274. The zero-order valence-electron chi connectivity index (χ0n) is 22.9. The lowest BCUT2D eigenvalue weighted by atomic mass is 9.40. The molecule has 0 aliphatic heterocycles. The van der Waals surface area contributed by atoms with Gasteiger partial charge in [-0.2, -0.15) is 0 Å². The van der Waals surface area contributed by atoms with Gasteiger partial charge in [-0.25, -0.2) is 0 Å². The Balaban J connectivity index is 1.41. The molecule has 1 spiro atoms. The molecule has 4 saturated carbocycles. The molecule has 0 N–H and O–H groups in total. The van der Waals surface area contributed by atoms with Crippen LogP contribution in [0, 0.1) is 33.5 Å². The SMILES string of the molecule is CCCCCCCC(=O)OC[C@]1(C)CCC[C@]2(C)[C@@H]1CC[C@@]13C[C@@H](OCOC)[C@@](C)(CC[C@H]12)C3. The van der Waals surface area contributed by atoms with E-state index in [9.17, 15) is 4.79 Å². The zero-order valence-corrected chi connectivity index (χ0v) is 22.9. The lowest BCUT2D eigenvalue weighted by Gasteiger charge is -2.64. The van der Waals surface area contributed by atoms with Crippen molar-refractivity contribution < 1.29 is 19.0 Å². The van der Waals surface area contributed by atoms with Crippen molar-refractivity contribution in [3.8, 4) is 0 Å². The summed E-state index contributed by atoms with van der Waals surface area (Å²) in [4.78, 5) is 12.5. The highest BCUT2D eigenvalue weighted by atomic mass is 16.7. The number of fused-ring (bicyclic) bond motifs is 3. The van der Waals surface area contributed by atoms with E-state index in [1.54, 1.807) is 7.11 Å². The predicted octanol–water partition coefficient (Wildman–Crippen LogP) is 7.68. The molecule has 4 nitrogen and oxygen atoms in total. The standard InChI is InChI=1S/C30H52O4/c1-6-7-8-9-10-12-26(31)33-21-28(3)15-11-16-29(4)23(28)14-18-30-19-25(34-22-32-5)27(2,20-30)17-13-24(29)30/h23-25H,6-22H2,1-5H3/t23-,24+,25-,27+,28+,29-,30+/m1/s1. The first kappa shape index (κ1) is 26.5. The Bertz CT molecular complexity index is 708. The molecular weight excluding hydrogens is 424 g/mol. The molecule has 4 rings (SSSR count). The lowest BCUT2D eigenvalue weighted by molar-refractivity contribution is -0.176. The molecule has 4 heteroatoms. The normalized spacial score (nSPS) is 43.3. The predicted molar refractivity (Wildman–Crippen MR) is 136 cm³/mol. The summed E-state index contributed by atoms with van der Waals surface area (Å²) in [5.41, 5.74) is 1.22. The third kappa shape index (κ3) is 4.84. The maximum absolute atomic E-state index is 12.5. The first-order valence-corrected chi connectivity index (χ1v) is 14.5. The third-order valence-electron chi connectivity index (χ3n) is 11.1. The molecule has 0 aromatic carbocycles. The minimum absolute atomic E-state index is 0.0274. The van der Waals surface area contributed by atoms with Gasteiger partial charge in [-0.05, 0) is 85.9 Å². The molecule has 34 heavy (non-hydrogen) atoms. The van der Waals surface area contributed by atoms with Crippen molar-refractivity contribution in [1.29, 1.82) is 0 Å². The summed E-state index contributed by atoms with van der Waals surface area (Å²) in [6, 6.07) is 0. The summed E-state index contributed by atoms with van der Waals surface area (Å²) in [6.07, 6.45) is 18.4. The second-order valence-corrected chi connectivity index (χ2v) is 13.5. The van der Waals surface area contributed by atoms with E-state index in [2.05, 4.69) is 27.7 Å². The van der Waals surface area contributed by atoms with Gasteiger partial charge in [0.05, 0.1) is 12.7 Å². The van der Waals surface area contributed by atoms with Gasteiger partial charge in [-0.1, -0.05) is 59.8 Å². The van der Waals surface area contributed by atoms with Crippen LogP contribution in [-0.4, -0.2) is 32.6 Å². The number of ether oxygens (including phenoxy) is 3. The lowest BCUT2D eigenvalue weighted by Crippen LogP contribution is -2.57. The van der Waals surface area contributed by atoms with Gasteiger partial charge in [0.2, 0.25) is 0 Å². The van der Waals surface area contributed by atoms with Gasteiger partial charge in [0.25, 0.3) is 0 Å². The average molecular weight is 477 g/mol. The van der Waals surface area contributed by atoms with Crippen LogP contribution < -0.4 is 0 Å². The van der Waals surface area contributed by atoms with Gasteiger partial charge in [-0.3, -0.25) is 4.79 Å². The van der Waals surface area contributed by atoms with E-state index >= 15 is 0 Å². The Morgan fingerprint density at radius 1 is 0.941 bits per heavy atom. The minimum Gasteiger partial charge on any atom is -0.465 e. The Hall–Kier alpha value is -0.610. The van der Waals surface area contributed by atoms with E-state index in [0.29, 0.717) is 48.1 Å². The Kier molecular flexibility index (Phi) is 8.09. The topological polar surface area (TPSA) is 44.8 Å². The van der Waals surface area contributed by atoms with Crippen molar-refractivity contribution in [2.75, 3.05) is 20.5 Å². The van der Waals surface area contributed by atoms with Crippen molar-refractivity contribution in [2.45, 2.75) is 130 Å². The summed E-state index contributed by atoms with van der Waals surface area (Å²) >= 11 is 0. The molecule has 0 heterocycles. The smallest absolute Gasteiger partial charge is 0.305 e. The number of hydrogen-bond acceptors (Lipinski definition) is 4. The van der Waals surface area contributed by atoms with Crippen LogP contribution in [0.5, 0.6) is 0 Å². The summed E-state index contributed by atoms with van der Waals surface area (Å²) in [7, 11) is 1.74. The third-order valence-corrected chi connectivity index (χ3v) is 11.1. The van der Waals surface area contributed by atoms with Crippen molar-refractivity contribution in [3.05, 3.63) is 0 Å². The van der Waals surface area contributed by atoms with Crippen LogP contribution >= 0.6 is 0 Å². The molecule has 4 aliphatic rings. The van der Waals surface area contributed by atoms with Gasteiger partial charge < -0.3 is 14.2 Å². The molecule has 0 saturated heterocycles. The molecule has 0 radical (unpaired) electrons. The van der Waals surface area contributed by atoms with Crippen LogP contribution in [0.2, 0.25) is 0 Å². The van der Waals surface area contributed by atoms with E-state index in [4.69, 9.17) is 14.2 Å². The van der Waals surface area contributed by atoms with E-state index in [1.165, 1.54) is 77.0 Å². The highest BCUT2D eigenvalue weighted by Crippen LogP contribution is 2.74. The number of carbonyl (C=O) groups excluding carboxylic acids is 1. The van der Waals surface area contributed by atoms with Gasteiger partial charge >= 0.3 is 5.97 Å². The first-order valence-electron chi connectivity index (χ1n) is 14.5.